The van der Waals surface area contributed by atoms with Crippen LogP contribution in [0, 0.1) is 12.7 Å². The number of halogens is 3. The Kier molecular flexibility index (Phi) is 7.17. The van der Waals surface area contributed by atoms with Crippen molar-refractivity contribution in [3.8, 4) is 5.69 Å². The highest BCUT2D eigenvalue weighted by Gasteiger charge is 2.25. The summed E-state index contributed by atoms with van der Waals surface area (Å²) in [6.45, 7) is 1.10. The zero-order valence-corrected chi connectivity index (χ0v) is 22.4. The maximum absolute atomic E-state index is 14.3. The lowest BCUT2D eigenvalue weighted by atomic mass is 10.2. The second kappa shape index (κ2) is 10.00. The van der Waals surface area contributed by atoms with Gasteiger partial charge in [-0.25, -0.2) is 13.8 Å². The molecule has 0 saturated heterocycles. The Bertz CT molecular complexity index is 1640. The normalized spacial score (nSPS) is 11.1. The van der Waals surface area contributed by atoms with Crippen LogP contribution in [0.5, 0.6) is 0 Å². The van der Waals surface area contributed by atoms with E-state index in [9.17, 15) is 23.6 Å². The molecule has 0 spiro atoms. The van der Waals surface area contributed by atoms with Gasteiger partial charge in [0, 0.05) is 23.6 Å². The van der Waals surface area contributed by atoms with E-state index in [1.54, 1.807) is 27.1 Å². The van der Waals surface area contributed by atoms with E-state index in [0.29, 0.717) is 15.1 Å². The standard InChI is InChI=1S/C24H19BrClFN4O4S/c1-12-19-21(33)31(15-7-5-14(26)6-8-15)24(35)30(23(19)36-20(12)22(34)29(2)3)11-18(32)28-17-9-4-13(25)10-16(17)27/h4-10H,11H2,1-3H3,(H,28,32). The first-order chi connectivity index (χ1) is 17.0. The van der Waals surface area contributed by atoms with Crippen molar-refractivity contribution in [3.63, 3.8) is 0 Å². The van der Waals surface area contributed by atoms with Crippen LogP contribution in [-0.2, 0) is 11.3 Å². The van der Waals surface area contributed by atoms with Crippen LogP contribution in [0.2, 0.25) is 5.02 Å². The lowest BCUT2D eigenvalue weighted by Gasteiger charge is -2.13. The number of aryl methyl sites for hydroxylation is 1. The maximum atomic E-state index is 14.3. The average molecular weight is 594 g/mol. The fraction of sp³-hybridized carbons (Fsp3) is 0.167. The fourth-order valence-corrected chi connectivity index (χ4v) is 5.41. The summed E-state index contributed by atoms with van der Waals surface area (Å²) in [4.78, 5) is 54.5. The van der Waals surface area contributed by atoms with Gasteiger partial charge in [0.2, 0.25) is 5.91 Å². The van der Waals surface area contributed by atoms with Gasteiger partial charge in [-0.15, -0.1) is 11.3 Å². The molecule has 0 atom stereocenters. The first-order valence-corrected chi connectivity index (χ1v) is 12.5. The smallest absolute Gasteiger partial charge is 0.337 e. The van der Waals surface area contributed by atoms with E-state index in [1.165, 1.54) is 41.3 Å². The Morgan fingerprint density at radius 1 is 1.14 bits per heavy atom. The van der Waals surface area contributed by atoms with Gasteiger partial charge in [0.15, 0.2) is 0 Å². The highest BCUT2D eigenvalue weighted by molar-refractivity contribution is 9.10. The molecule has 2 aromatic carbocycles. The Labute approximate surface area is 221 Å². The topological polar surface area (TPSA) is 93.4 Å². The molecule has 0 fully saturated rings. The number of fused-ring (bicyclic) bond motifs is 1. The molecule has 0 radical (unpaired) electrons. The SMILES string of the molecule is Cc1c(C(=O)N(C)C)sc2c1c(=O)n(-c1ccc(Cl)cc1)c(=O)n2CC(=O)Nc1ccc(Br)cc1F. The Balaban J connectivity index is 1.92. The van der Waals surface area contributed by atoms with Crippen LogP contribution >= 0.6 is 38.9 Å². The molecule has 0 aliphatic rings. The molecule has 4 rings (SSSR count). The lowest BCUT2D eigenvalue weighted by Crippen LogP contribution is -2.40. The van der Waals surface area contributed by atoms with E-state index >= 15 is 0 Å². The van der Waals surface area contributed by atoms with E-state index in [0.717, 1.165) is 20.5 Å². The van der Waals surface area contributed by atoms with E-state index in [-0.39, 0.29) is 32.4 Å². The van der Waals surface area contributed by atoms with Gasteiger partial charge >= 0.3 is 5.69 Å². The van der Waals surface area contributed by atoms with Crippen LogP contribution < -0.4 is 16.6 Å². The van der Waals surface area contributed by atoms with Crippen molar-refractivity contribution in [1.82, 2.24) is 14.0 Å². The van der Waals surface area contributed by atoms with E-state index in [2.05, 4.69) is 21.2 Å². The molecule has 0 saturated carbocycles. The first kappa shape index (κ1) is 25.8. The Morgan fingerprint density at radius 3 is 2.42 bits per heavy atom. The summed E-state index contributed by atoms with van der Waals surface area (Å²) in [5, 5.41) is 3.00. The van der Waals surface area contributed by atoms with Crippen LogP contribution in [0.3, 0.4) is 0 Å². The van der Waals surface area contributed by atoms with E-state index in [4.69, 9.17) is 11.6 Å². The van der Waals surface area contributed by atoms with Crippen LogP contribution in [0.25, 0.3) is 15.9 Å². The van der Waals surface area contributed by atoms with Gasteiger partial charge in [0.05, 0.1) is 21.6 Å². The number of rotatable bonds is 5. The van der Waals surface area contributed by atoms with Gasteiger partial charge in [-0.1, -0.05) is 27.5 Å². The van der Waals surface area contributed by atoms with Gasteiger partial charge in [0.1, 0.15) is 17.2 Å². The second-order valence-corrected chi connectivity index (χ2v) is 10.4. The average Bonchev–Trinajstić information content (AvgIpc) is 3.16. The van der Waals surface area contributed by atoms with Crippen molar-refractivity contribution in [3.05, 3.63) is 89.1 Å². The zero-order chi connectivity index (χ0) is 26.3. The van der Waals surface area contributed by atoms with Gasteiger partial charge in [-0.05, 0) is 55.0 Å². The van der Waals surface area contributed by atoms with Crippen molar-refractivity contribution in [2.75, 3.05) is 19.4 Å². The molecular weight excluding hydrogens is 575 g/mol. The van der Waals surface area contributed by atoms with Crippen LogP contribution in [0.1, 0.15) is 15.2 Å². The molecule has 0 aliphatic heterocycles. The molecular formula is C24H19BrClFN4O4S. The predicted molar refractivity (Wildman–Crippen MR) is 142 cm³/mol. The third kappa shape index (κ3) is 4.73. The first-order valence-electron chi connectivity index (χ1n) is 10.5. The van der Waals surface area contributed by atoms with Gasteiger partial charge in [-0.2, -0.15) is 0 Å². The Morgan fingerprint density at radius 2 is 1.81 bits per heavy atom. The Hall–Kier alpha value is -3.28. The molecule has 2 amide bonds. The molecule has 0 aliphatic carbocycles. The van der Waals surface area contributed by atoms with Crippen molar-refractivity contribution < 1.29 is 14.0 Å². The summed E-state index contributed by atoms with van der Waals surface area (Å²) in [6, 6.07) is 10.2. The minimum absolute atomic E-state index is 0.0654. The third-order valence-electron chi connectivity index (χ3n) is 5.40. The van der Waals surface area contributed by atoms with Gasteiger partial charge in [0.25, 0.3) is 11.5 Å². The van der Waals surface area contributed by atoms with Crippen molar-refractivity contribution in [1.29, 1.82) is 0 Å². The molecule has 186 valence electrons. The van der Waals surface area contributed by atoms with Gasteiger partial charge in [-0.3, -0.25) is 19.0 Å². The molecule has 4 aromatic rings. The predicted octanol–water partition coefficient (Wildman–Crippen LogP) is 4.42. The summed E-state index contributed by atoms with van der Waals surface area (Å²) in [7, 11) is 3.15. The third-order valence-corrected chi connectivity index (χ3v) is 7.45. The number of hydrogen-bond donors (Lipinski definition) is 1. The van der Waals surface area contributed by atoms with Crippen LogP contribution in [-0.4, -0.2) is 39.9 Å². The number of nitrogens with zero attached hydrogens (tertiary/aromatic N) is 3. The quantitative estimate of drug-likeness (QED) is 0.371. The van der Waals surface area contributed by atoms with E-state index in [1.807, 2.05) is 0 Å². The molecule has 36 heavy (non-hydrogen) atoms. The molecule has 0 bridgehead atoms. The number of aromatic nitrogens is 2. The number of benzene rings is 2. The number of hydrogen-bond acceptors (Lipinski definition) is 5. The number of carbonyl (C=O) groups is 2. The van der Waals surface area contributed by atoms with Crippen molar-refractivity contribution in [2.24, 2.45) is 0 Å². The van der Waals surface area contributed by atoms with Crippen LogP contribution in [0.15, 0.2) is 56.5 Å². The second-order valence-electron chi connectivity index (χ2n) is 8.09. The molecule has 8 nitrogen and oxygen atoms in total. The minimum Gasteiger partial charge on any atom is -0.344 e. The number of nitrogens with one attached hydrogen (secondary N) is 1. The van der Waals surface area contributed by atoms with Crippen molar-refractivity contribution >= 4 is 66.6 Å². The number of anilines is 1. The largest absolute Gasteiger partial charge is 0.344 e. The highest BCUT2D eigenvalue weighted by Crippen LogP contribution is 2.29. The fourth-order valence-electron chi connectivity index (χ4n) is 3.63. The molecule has 12 heteroatoms. The molecule has 1 N–H and O–H groups in total. The lowest BCUT2D eigenvalue weighted by molar-refractivity contribution is -0.116. The summed E-state index contributed by atoms with van der Waals surface area (Å²) >= 11 is 10.1. The highest BCUT2D eigenvalue weighted by atomic mass is 79.9. The monoisotopic (exact) mass is 592 g/mol. The zero-order valence-electron chi connectivity index (χ0n) is 19.3. The van der Waals surface area contributed by atoms with Crippen molar-refractivity contribution in [2.45, 2.75) is 13.5 Å². The number of thiophene rings is 1. The van der Waals surface area contributed by atoms with E-state index < -0.39 is 29.5 Å². The summed E-state index contributed by atoms with van der Waals surface area (Å²) in [6.07, 6.45) is 0. The number of carbonyl (C=O) groups excluding carboxylic acids is 2. The van der Waals surface area contributed by atoms with Gasteiger partial charge < -0.3 is 10.2 Å². The minimum atomic E-state index is -0.786. The van der Waals surface area contributed by atoms with Crippen LogP contribution in [0.4, 0.5) is 10.1 Å². The molecule has 0 unspecified atom stereocenters. The summed E-state index contributed by atoms with van der Waals surface area (Å²) in [5.74, 6) is -1.69. The summed E-state index contributed by atoms with van der Waals surface area (Å²) in [5.41, 5.74) is -0.833. The number of amides is 2. The molecule has 2 heterocycles. The maximum Gasteiger partial charge on any atom is 0.337 e. The summed E-state index contributed by atoms with van der Waals surface area (Å²) < 4.78 is 16.8. The molecule has 2 aromatic heterocycles.